The molecule has 1 aliphatic rings. The van der Waals surface area contributed by atoms with Gasteiger partial charge in [0.1, 0.15) is 17.5 Å². The fourth-order valence-electron chi connectivity index (χ4n) is 3.27. The lowest BCUT2D eigenvalue weighted by atomic mass is 10.1. The average Bonchev–Trinajstić information content (AvgIpc) is 3.26. The highest BCUT2D eigenvalue weighted by Crippen LogP contribution is 2.27. The van der Waals surface area contributed by atoms with E-state index in [1.165, 1.54) is 7.11 Å². The van der Waals surface area contributed by atoms with Gasteiger partial charge in [0, 0.05) is 11.4 Å². The van der Waals surface area contributed by atoms with E-state index in [-0.39, 0.29) is 5.91 Å². The molecule has 0 radical (unpaired) electrons. The molecule has 0 bridgehead atoms. The van der Waals surface area contributed by atoms with Crippen molar-refractivity contribution in [1.29, 1.82) is 0 Å². The number of nitrogens with zero attached hydrogens (tertiary/aromatic N) is 2. The molecular weight excluding hydrogens is 332 g/mol. The largest absolute Gasteiger partial charge is 0.480 e. The van der Waals surface area contributed by atoms with Crippen LogP contribution in [0.3, 0.4) is 0 Å². The summed E-state index contributed by atoms with van der Waals surface area (Å²) >= 11 is 0. The van der Waals surface area contributed by atoms with Crippen LogP contribution in [0.1, 0.15) is 46.9 Å². The van der Waals surface area contributed by atoms with Gasteiger partial charge in [0.2, 0.25) is 5.88 Å². The number of amides is 1. The summed E-state index contributed by atoms with van der Waals surface area (Å²) in [5.41, 5.74) is 4.67. The summed E-state index contributed by atoms with van der Waals surface area (Å²) in [6, 6.07) is 7.24. The monoisotopic (exact) mass is 352 g/mol. The van der Waals surface area contributed by atoms with Crippen LogP contribution in [0.5, 0.6) is 5.88 Å². The standard InChI is InChI=1S/C19H20N4O3/c1-10(24)17-21-15-7-6-12(9-16(15)22-17)20-18(25)13-8-11-4-3-5-14(11)23-19(13)26-2/h6-10,24H,3-5H2,1-2H3,(H,20,25)(H,21,22). The van der Waals surface area contributed by atoms with Gasteiger partial charge in [-0.15, -0.1) is 0 Å². The number of carbonyl (C=O) groups is 1. The molecule has 1 unspecified atom stereocenters. The fraction of sp³-hybridized carbons (Fsp3) is 0.316. The normalized spacial score (nSPS) is 14.3. The molecule has 0 spiro atoms. The van der Waals surface area contributed by atoms with Crippen LogP contribution in [0, 0.1) is 0 Å². The zero-order chi connectivity index (χ0) is 18.3. The molecule has 3 N–H and O–H groups in total. The number of anilines is 1. The number of nitrogens with one attached hydrogen (secondary N) is 2. The number of imidazole rings is 1. The Labute approximate surface area is 150 Å². The van der Waals surface area contributed by atoms with Gasteiger partial charge in [-0.1, -0.05) is 0 Å². The number of rotatable bonds is 4. The number of fused-ring (bicyclic) bond motifs is 2. The summed E-state index contributed by atoms with van der Waals surface area (Å²) in [5, 5.41) is 12.5. The SMILES string of the molecule is COc1nc2c(cc1C(=O)Nc1ccc3nc(C(C)O)[nH]c3c1)CCC2. The number of H-pyrrole nitrogens is 1. The first kappa shape index (κ1) is 16.5. The number of pyridine rings is 1. The Hall–Kier alpha value is -2.93. The molecule has 3 aromatic rings. The Bertz CT molecular complexity index is 994. The third kappa shape index (κ3) is 2.90. The van der Waals surface area contributed by atoms with Crippen molar-refractivity contribution in [2.75, 3.05) is 12.4 Å². The molecule has 0 fully saturated rings. The van der Waals surface area contributed by atoms with Gasteiger partial charge in [0.25, 0.3) is 5.91 Å². The lowest BCUT2D eigenvalue weighted by Crippen LogP contribution is -2.15. The van der Waals surface area contributed by atoms with Crippen LogP contribution < -0.4 is 10.1 Å². The van der Waals surface area contributed by atoms with Crippen LogP contribution in [-0.2, 0) is 12.8 Å². The van der Waals surface area contributed by atoms with Crippen molar-refractivity contribution in [1.82, 2.24) is 15.0 Å². The molecule has 7 nitrogen and oxygen atoms in total. The van der Waals surface area contributed by atoms with Crippen molar-refractivity contribution >= 4 is 22.6 Å². The van der Waals surface area contributed by atoms with E-state index in [1.807, 2.05) is 6.07 Å². The maximum absolute atomic E-state index is 12.7. The topological polar surface area (TPSA) is 100 Å². The number of hydrogen-bond acceptors (Lipinski definition) is 5. The van der Waals surface area contributed by atoms with Crippen LogP contribution in [0.4, 0.5) is 5.69 Å². The van der Waals surface area contributed by atoms with Gasteiger partial charge in [-0.25, -0.2) is 9.97 Å². The summed E-state index contributed by atoms with van der Waals surface area (Å²) in [6.45, 7) is 1.65. The summed E-state index contributed by atoms with van der Waals surface area (Å²) in [6.07, 6.45) is 2.24. The second kappa shape index (κ2) is 6.42. The van der Waals surface area contributed by atoms with Crippen LogP contribution in [-0.4, -0.2) is 33.1 Å². The summed E-state index contributed by atoms with van der Waals surface area (Å²) in [7, 11) is 1.52. The Morgan fingerprint density at radius 1 is 1.31 bits per heavy atom. The molecule has 7 heteroatoms. The molecule has 1 amide bonds. The van der Waals surface area contributed by atoms with Crippen molar-refractivity contribution in [3.8, 4) is 5.88 Å². The predicted octanol–water partition coefficient (Wildman–Crippen LogP) is 2.76. The van der Waals surface area contributed by atoms with Crippen LogP contribution in [0.15, 0.2) is 24.3 Å². The van der Waals surface area contributed by atoms with Crippen LogP contribution in [0.2, 0.25) is 0 Å². The van der Waals surface area contributed by atoms with E-state index in [2.05, 4.69) is 20.3 Å². The smallest absolute Gasteiger partial charge is 0.261 e. The summed E-state index contributed by atoms with van der Waals surface area (Å²) in [4.78, 5) is 24.6. The first-order valence-electron chi connectivity index (χ1n) is 8.61. The van der Waals surface area contributed by atoms with Gasteiger partial charge in [-0.05, 0) is 56.0 Å². The molecule has 1 atom stereocenters. The third-order valence-corrected chi connectivity index (χ3v) is 4.61. The third-order valence-electron chi connectivity index (χ3n) is 4.61. The molecule has 2 heterocycles. The van der Waals surface area contributed by atoms with E-state index in [1.54, 1.807) is 25.1 Å². The predicted molar refractivity (Wildman–Crippen MR) is 97.5 cm³/mol. The number of methoxy groups -OCH3 is 1. The van der Waals surface area contributed by atoms with E-state index in [9.17, 15) is 9.90 Å². The zero-order valence-corrected chi connectivity index (χ0v) is 14.7. The summed E-state index contributed by atoms with van der Waals surface area (Å²) < 4.78 is 5.31. The van der Waals surface area contributed by atoms with E-state index >= 15 is 0 Å². The second-order valence-electron chi connectivity index (χ2n) is 6.49. The van der Waals surface area contributed by atoms with E-state index in [4.69, 9.17) is 4.74 Å². The number of aromatic amines is 1. The number of ether oxygens (including phenoxy) is 1. The van der Waals surface area contributed by atoms with Gasteiger partial charge in [-0.3, -0.25) is 4.79 Å². The molecular formula is C19H20N4O3. The molecule has 26 heavy (non-hydrogen) atoms. The number of aromatic nitrogens is 3. The minimum Gasteiger partial charge on any atom is -0.480 e. The highest BCUT2D eigenvalue weighted by molar-refractivity contribution is 6.06. The lowest BCUT2D eigenvalue weighted by Gasteiger charge is -2.11. The van der Waals surface area contributed by atoms with Crippen molar-refractivity contribution in [2.24, 2.45) is 0 Å². The number of carbonyl (C=O) groups excluding carboxylic acids is 1. The molecule has 1 aromatic carbocycles. The van der Waals surface area contributed by atoms with E-state index in [0.29, 0.717) is 23.0 Å². The van der Waals surface area contributed by atoms with Gasteiger partial charge >= 0.3 is 0 Å². The fourth-order valence-corrected chi connectivity index (χ4v) is 3.27. The molecule has 0 saturated carbocycles. The molecule has 4 rings (SSSR count). The maximum atomic E-state index is 12.7. The Morgan fingerprint density at radius 2 is 2.15 bits per heavy atom. The van der Waals surface area contributed by atoms with Gasteiger partial charge in [0.15, 0.2) is 0 Å². The molecule has 0 saturated heterocycles. The summed E-state index contributed by atoms with van der Waals surface area (Å²) in [5.74, 6) is 0.578. The average molecular weight is 352 g/mol. The van der Waals surface area contributed by atoms with Crippen LogP contribution in [0.25, 0.3) is 11.0 Å². The van der Waals surface area contributed by atoms with Crippen LogP contribution >= 0.6 is 0 Å². The highest BCUT2D eigenvalue weighted by atomic mass is 16.5. The zero-order valence-electron chi connectivity index (χ0n) is 14.7. The first-order valence-corrected chi connectivity index (χ1v) is 8.61. The van der Waals surface area contributed by atoms with E-state index in [0.717, 1.165) is 41.6 Å². The highest BCUT2D eigenvalue weighted by Gasteiger charge is 2.21. The molecule has 0 aliphatic heterocycles. The van der Waals surface area contributed by atoms with Crippen molar-refractivity contribution in [3.63, 3.8) is 0 Å². The lowest BCUT2D eigenvalue weighted by molar-refractivity contribution is 0.102. The molecule has 2 aromatic heterocycles. The Morgan fingerprint density at radius 3 is 2.92 bits per heavy atom. The number of aliphatic hydroxyl groups is 1. The van der Waals surface area contributed by atoms with Crippen molar-refractivity contribution < 1.29 is 14.6 Å². The molecule has 134 valence electrons. The Balaban J connectivity index is 1.63. The minimum atomic E-state index is -0.679. The quantitative estimate of drug-likeness (QED) is 0.670. The first-order chi connectivity index (χ1) is 12.5. The number of aliphatic hydroxyl groups excluding tert-OH is 1. The second-order valence-corrected chi connectivity index (χ2v) is 6.49. The Kier molecular flexibility index (Phi) is 4.08. The minimum absolute atomic E-state index is 0.265. The van der Waals surface area contributed by atoms with Gasteiger partial charge < -0.3 is 20.1 Å². The molecule has 1 aliphatic carbocycles. The van der Waals surface area contributed by atoms with Gasteiger partial charge in [-0.2, -0.15) is 0 Å². The number of aryl methyl sites for hydroxylation is 2. The van der Waals surface area contributed by atoms with Crippen molar-refractivity contribution in [3.05, 3.63) is 46.9 Å². The maximum Gasteiger partial charge on any atom is 0.261 e. The number of benzene rings is 1. The van der Waals surface area contributed by atoms with E-state index < -0.39 is 6.10 Å². The van der Waals surface area contributed by atoms with Crippen molar-refractivity contribution in [2.45, 2.75) is 32.3 Å². The number of hydrogen-bond donors (Lipinski definition) is 3. The van der Waals surface area contributed by atoms with Gasteiger partial charge in [0.05, 0.1) is 18.1 Å².